The molecule has 0 amide bonds. The minimum absolute atomic E-state index is 0.0709. The normalized spacial score (nSPS) is 23.2. The molecule has 1 aromatic carbocycles. The van der Waals surface area contributed by atoms with Gasteiger partial charge in [0.1, 0.15) is 22.8 Å². The summed E-state index contributed by atoms with van der Waals surface area (Å²) in [5, 5.41) is 2.31. The van der Waals surface area contributed by atoms with Crippen molar-refractivity contribution in [3.8, 4) is 21.9 Å². The van der Waals surface area contributed by atoms with E-state index in [1.54, 1.807) is 11.3 Å². The van der Waals surface area contributed by atoms with Crippen molar-refractivity contribution in [3.05, 3.63) is 68.4 Å². The van der Waals surface area contributed by atoms with Gasteiger partial charge in [-0.1, -0.05) is 35.9 Å². The lowest BCUT2D eigenvalue weighted by molar-refractivity contribution is 0.0654. The van der Waals surface area contributed by atoms with Crippen LogP contribution in [0, 0.1) is 5.92 Å². The average molecular weight is 386 g/mol. The average Bonchev–Trinajstić information content (AvgIpc) is 3.15. The fraction of sp³-hybridized carbons (Fsp3) is 0.250. The highest BCUT2D eigenvalue weighted by Crippen LogP contribution is 2.51. The molecule has 4 nitrogen and oxygen atoms in total. The van der Waals surface area contributed by atoms with Crippen LogP contribution in [0.2, 0.25) is 5.15 Å². The van der Waals surface area contributed by atoms with Gasteiger partial charge in [0.2, 0.25) is 0 Å². The summed E-state index contributed by atoms with van der Waals surface area (Å²) in [6, 6.07) is 11.9. The molecule has 0 saturated carbocycles. The molecule has 6 heteroatoms. The van der Waals surface area contributed by atoms with Crippen molar-refractivity contribution in [3.63, 3.8) is 0 Å². The molecule has 3 atom stereocenters. The van der Waals surface area contributed by atoms with Gasteiger partial charge < -0.3 is 14.5 Å². The maximum atomic E-state index is 12.9. The molecule has 132 valence electrons. The summed E-state index contributed by atoms with van der Waals surface area (Å²) in [4.78, 5) is 16.7. The maximum absolute atomic E-state index is 12.9. The number of H-pyrrole nitrogens is 1. The fourth-order valence-corrected chi connectivity index (χ4v) is 5.15. The number of aromatic amines is 1. The van der Waals surface area contributed by atoms with E-state index in [-0.39, 0.29) is 23.5 Å². The zero-order valence-electron chi connectivity index (χ0n) is 14.0. The summed E-state index contributed by atoms with van der Waals surface area (Å²) in [5.41, 5.74) is 2.26. The molecule has 0 fully saturated rings. The van der Waals surface area contributed by atoms with Crippen LogP contribution >= 0.6 is 22.9 Å². The van der Waals surface area contributed by atoms with Crippen LogP contribution in [0.5, 0.6) is 11.5 Å². The molecule has 4 heterocycles. The third kappa shape index (κ3) is 2.24. The van der Waals surface area contributed by atoms with E-state index in [0.29, 0.717) is 23.1 Å². The van der Waals surface area contributed by atoms with Gasteiger partial charge in [-0.05, 0) is 24.4 Å². The van der Waals surface area contributed by atoms with Gasteiger partial charge in [-0.3, -0.25) is 4.79 Å². The van der Waals surface area contributed by atoms with Crippen LogP contribution in [0.15, 0.2) is 46.6 Å². The molecule has 0 unspecified atom stereocenters. The zero-order chi connectivity index (χ0) is 17.8. The highest BCUT2D eigenvalue weighted by Gasteiger charge is 2.44. The number of halogens is 1. The minimum Gasteiger partial charge on any atom is -0.493 e. The SMILES string of the molecule is C[C@H]1Oc2c(-c3cccs3)c(Cl)[nH]c(=O)c2[C@H]2c3ccccc3OC[C@H]21. The summed E-state index contributed by atoms with van der Waals surface area (Å²) in [6.45, 7) is 2.56. The first-order valence-electron chi connectivity index (χ1n) is 8.53. The first-order chi connectivity index (χ1) is 12.6. The molecule has 0 radical (unpaired) electrons. The lowest BCUT2D eigenvalue weighted by Crippen LogP contribution is -2.43. The molecule has 1 N–H and O–H groups in total. The van der Waals surface area contributed by atoms with Crippen LogP contribution in [-0.2, 0) is 0 Å². The van der Waals surface area contributed by atoms with Gasteiger partial charge in [0.25, 0.3) is 5.56 Å². The molecule has 5 rings (SSSR count). The van der Waals surface area contributed by atoms with Crippen molar-refractivity contribution >= 4 is 22.9 Å². The standard InChI is InChI=1S/C20H16ClNO3S/c1-10-12-9-24-13-6-3-2-5-11(13)15(12)17-18(25-10)16(14-7-4-8-26-14)19(21)22-20(17)23/h2-8,10,12,15H,9H2,1H3,(H,22,23)/t10-,12+,15+/m1/s1. The van der Waals surface area contributed by atoms with E-state index in [2.05, 4.69) is 4.98 Å². The predicted molar refractivity (Wildman–Crippen MR) is 103 cm³/mol. The van der Waals surface area contributed by atoms with Gasteiger partial charge in [0.15, 0.2) is 0 Å². The Morgan fingerprint density at radius 1 is 1.23 bits per heavy atom. The Labute approximate surface area is 159 Å². The number of aromatic nitrogens is 1. The second kappa shape index (κ2) is 5.89. The first kappa shape index (κ1) is 16.0. The van der Waals surface area contributed by atoms with Crippen molar-refractivity contribution in [2.24, 2.45) is 5.92 Å². The number of ether oxygens (including phenoxy) is 2. The highest BCUT2D eigenvalue weighted by molar-refractivity contribution is 7.13. The third-order valence-corrected chi connectivity index (χ3v) is 6.43. The third-order valence-electron chi connectivity index (χ3n) is 5.26. The Balaban J connectivity index is 1.82. The summed E-state index contributed by atoms with van der Waals surface area (Å²) in [5.74, 6) is 1.45. The second-order valence-electron chi connectivity index (χ2n) is 6.68. The van der Waals surface area contributed by atoms with E-state index in [1.807, 2.05) is 48.7 Å². The topological polar surface area (TPSA) is 51.3 Å². The van der Waals surface area contributed by atoms with Crippen molar-refractivity contribution in [1.29, 1.82) is 0 Å². The van der Waals surface area contributed by atoms with Crippen LogP contribution in [0.3, 0.4) is 0 Å². The Morgan fingerprint density at radius 2 is 2.08 bits per heavy atom. The lowest BCUT2D eigenvalue weighted by atomic mass is 9.75. The largest absolute Gasteiger partial charge is 0.493 e. The minimum atomic E-state index is -0.191. The van der Waals surface area contributed by atoms with Gasteiger partial charge in [0, 0.05) is 22.3 Å². The quantitative estimate of drug-likeness (QED) is 0.619. The summed E-state index contributed by atoms with van der Waals surface area (Å²) < 4.78 is 12.2. The number of rotatable bonds is 1. The van der Waals surface area contributed by atoms with E-state index >= 15 is 0 Å². The number of para-hydroxylation sites is 1. The number of hydrogen-bond donors (Lipinski definition) is 1. The monoisotopic (exact) mass is 385 g/mol. The predicted octanol–water partition coefficient (Wildman–Crippen LogP) is 4.68. The van der Waals surface area contributed by atoms with E-state index in [4.69, 9.17) is 21.1 Å². The number of nitrogens with one attached hydrogen (secondary N) is 1. The number of pyridine rings is 1. The molecule has 3 aromatic rings. The molecule has 0 saturated heterocycles. The van der Waals surface area contributed by atoms with Crippen molar-refractivity contribution in [2.75, 3.05) is 6.61 Å². The molecule has 2 aliphatic rings. The molecular weight excluding hydrogens is 370 g/mol. The number of hydrogen-bond acceptors (Lipinski definition) is 4. The molecule has 26 heavy (non-hydrogen) atoms. The van der Waals surface area contributed by atoms with Gasteiger partial charge in [-0.2, -0.15) is 0 Å². The van der Waals surface area contributed by atoms with Crippen molar-refractivity contribution < 1.29 is 9.47 Å². The van der Waals surface area contributed by atoms with Crippen molar-refractivity contribution in [1.82, 2.24) is 4.98 Å². The molecule has 0 bridgehead atoms. The molecule has 2 aliphatic heterocycles. The van der Waals surface area contributed by atoms with E-state index in [1.165, 1.54) is 0 Å². The molecule has 0 spiro atoms. The van der Waals surface area contributed by atoms with Crippen LogP contribution in [0.4, 0.5) is 0 Å². The lowest BCUT2D eigenvalue weighted by Gasteiger charge is -2.41. The fourth-order valence-electron chi connectivity index (χ4n) is 4.04. The number of fused-ring (bicyclic) bond motifs is 5. The van der Waals surface area contributed by atoms with E-state index in [9.17, 15) is 4.79 Å². The summed E-state index contributed by atoms with van der Waals surface area (Å²) >= 11 is 8.00. The van der Waals surface area contributed by atoms with Gasteiger partial charge in [-0.25, -0.2) is 0 Å². The van der Waals surface area contributed by atoms with Crippen LogP contribution in [0.1, 0.15) is 24.0 Å². The van der Waals surface area contributed by atoms with Crippen LogP contribution in [-0.4, -0.2) is 17.7 Å². The Kier molecular flexibility index (Phi) is 3.62. The number of thiophene rings is 1. The van der Waals surface area contributed by atoms with E-state index < -0.39 is 0 Å². The molecular formula is C20H16ClNO3S. The molecule has 0 aliphatic carbocycles. The van der Waals surface area contributed by atoms with Gasteiger partial charge >= 0.3 is 0 Å². The van der Waals surface area contributed by atoms with Crippen molar-refractivity contribution in [2.45, 2.75) is 18.9 Å². The number of benzene rings is 1. The zero-order valence-corrected chi connectivity index (χ0v) is 15.6. The summed E-state index contributed by atoms with van der Waals surface area (Å²) in [6.07, 6.45) is -0.0857. The Bertz CT molecular complexity index is 1040. The Hall–Kier alpha value is -2.24. The second-order valence-corrected chi connectivity index (χ2v) is 8.00. The first-order valence-corrected chi connectivity index (χ1v) is 9.79. The maximum Gasteiger partial charge on any atom is 0.256 e. The van der Waals surface area contributed by atoms with Crippen LogP contribution in [0.25, 0.3) is 10.4 Å². The van der Waals surface area contributed by atoms with Gasteiger partial charge in [0.05, 0.1) is 17.7 Å². The Morgan fingerprint density at radius 3 is 2.88 bits per heavy atom. The molecule has 2 aromatic heterocycles. The van der Waals surface area contributed by atoms with Crippen LogP contribution < -0.4 is 15.0 Å². The smallest absolute Gasteiger partial charge is 0.256 e. The van der Waals surface area contributed by atoms with Gasteiger partial charge in [-0.15, -0.1) is 11.3 Å². The highest BCUT2D eigenvalue weighted by atomic mass is 35.5. The van der Waals surface area contributed by atoms with E-state index in [0.717, 1.165) is 21.8 Å². The summed E-state index contributed by atoms with van der Waals surface area (Å²) in [7, 11) is 0.